The molecule has 2 aromatic rings. The van der Waals surface area contributed by atoms with E-state index in [-0.39, 0.29) is 6.29 Å². The fourth-order valence-electron chi connectivity index (χ4n) is 5.31. The Bertz CT molecular complexity index is 843. The Kier molecular flexibility index (Phi) is 16.2. The lowest BCUT2D eigenvalue weighted by atomic mass is 10.0. The Balaban J connectivity index is 1.26. The van der Waals surface area contributed by atoms with E-state index in [1.54, 1.807) is 0 Å². The Morgan fingerprint density at radius 1 is 0.692 bits per heavy atom. The second-order valence-electron chi connectivity index (χ2n) is 11.5. The summed E-state index contributed by atoms with van der Waals surface area (Å²) in [6.45, 7) is 7.03. The number of aryl methyl sites for hydroxylation is 1. The molecule has 218 valence electrons. The zero-order chi connectivity index (χ0) is 27.4. The second kappa shape index (κ2) is 20.0. The summed E-state index contributed by atoms with van der Waals surface area (Å²) in [5.74, 6) is 1.51. The quantitative estimate of drug-likeness (QED) is 0.149. The maximum Gasteiger partial charge on any atom is 0.157 e. The summed E-state index contributed by atoms with van der Waals surface area (Å²) in [5.41, 5.74) is 3.35. The zero-order valence-corrected chi connectivity index (χ0v) is 25.0. The van der Waals surface area contributed by atoms with E-state index in [1.165, 1.54) is 95.5 Å². The lowest BCUT2D eigenvalue weighted by molar-refractivity contribution is -0.203. The third kappa shape index (κ3) is 13.3. The van der Waals surface area contributed by atoms with Crippen LogP contribution in [0.1, 0.15) is 122 Å². The third-order valence-electron chi connectivity index (χ3n) is 7.91. The molecule has 1 saturated heterocycles. The molecular formula is C35H55NO3. The molecule has 1 aliphatic heterocycles. The number of unbranched alkanes of at least 4 members (excludes halogenated alkanes) is 12. The highest BCUT2D eigenvalue weighted by atomic mass is 16.7. The fraction of sp³-hybridized carbons (Fsp3) is 0.686. The molecule has 0 radical (unpaired) electrons. The summed E-state index contributed by atoms with van der Waals surface area (Å²) in [6, 6.07) is 12.6. The second-order valence-corrected chi connectivity index (χ2v) is 11.5. The molecule has 1 aliphatic rings. The smallest absolute Gasteiger partial charge is 0.157 e. The van der Waals surface area contributed by atoms with Crippen molar-refractivity contribution in [2.24, 2.45) is 5.92 Å². The molecule has 2 heterocycles. The van der Waals surface area contributed by atoms with E-state index in [4.69, 9.17) is 19.2 Å². The average molecular weight is 538 g/mol. The normalized spacial score (nSPS) is 17.4. The number of benzene rings is 1. The number of aromatic nitrogens is 1. The molecule has 0 bridgehead atoms. The van der Waals surface area contributed by atoms with E-state index >= 15 is 0 Å². The summed E-state index contributed by atoms with van der Waals surface area (Å²) in [5, 5.41) is 0. The van der Waals surface area contributed by atoms with E-state index in [2.05, 4.69) is 50.2 Å². The van der Waals surface area contributed by atoms with Gasteiger partial charge in [-0.05, 0) is 55.2 Å². The van der Waals surface area contributed by atoms with Crippen molar-refractivity contribution in [2.75, 3.05) is 19.8 Å². The van der Waals surface area contributed by atoms with Gasteiger partial charge in [-0.25, -0.2) is 0 Å². The molecule has 39 heavy (non-hydrogen) atoms. The van der Waals surface area contributed by atoms with Gasteiger partial charge in [0.2, 0.25) is 0 Å². The number of rotatable bonds is 21. The number of hydrogen-bond donors (Lipinski definition) is 0. The average Bonchev–Trinajstić information content (AvgIpc) is 2.98. The van der Waals surface area contributed by atoms with Crippen LogP contribution in [0.3, 0.4) is 0 Å². The number of hydrogen-bond acceptors (Lipinski definition) is 4. The molecule has 1 fully saturated rings. The topological polar surface area (TPSA) is 40.6 Å². The molecule has 4 nitrogen and oxygen atoms in total. The van der Waals surface area contributed by atoms with Gasteiger partial charge in [-0.3, -0.25) is 4.98 Å². The van der Waals surface area contributed by atoms with Gasteiger partial charge in [0.15, 0.2) is 6.29 Å². The summed E-state index contributed by atoms with van der Waals surface area (Å²) >= 11 is 0. The Hall–Kier alpha value is -1.91. The molecule has 0 aliphatic carbocycles. The fourth-order valence-corrected chi connectivity index (χ4v) is 5.31. The molecule has 0 amide bonds. The van der Waals surface area contributed by atoms with Crippen LogP contribution in [0.15, 0.2) is 42.6 Å². The summed E-state index contributed by atoms with van der Waals surface area (Å²) in [7, 11) is 0. The Labute approximate surface area is 239 Å². The van der Waals surface area contributed by atoms with Gasteiger partial charge in [-0.15, -0.1) is 0 Å². The lowest BCUT2D eigenvalue weighted by Crippen LogP contribution is -2.32. The summed E-state index contributed by atoms with van der Waals surface area (Å²) in [4.78, 5) is 4.71. The van der Waals surface area contributed by atoms with Crippen LogP contribution in [0, 0.1) is 5.92 Å². The van der Waals surface area contributed by atoms with Crippen LogP contribution < -0.4 is 4.74 Å². The molecule has 0 unspecified atom stereocenters. The van der Waals surface area contributed by atoms with Gasteiger partial charge in [0.1, 0.15) is 5.75 Å². The standard InChI is InChI=1S/C35H55NO3/c1-3-5-7-9-11-12-14-16-26-37-33-22-20-32(21-23-33)34-24-18-30(27-36-34)19-25-35-38-28-31(29-39-35)17-15-13-10-8-6-4-2/h18,20-24,27,31,35H,3-17,19,25-26,28-29H2,1-2H3. The summed E-state index contributed by atoms with van der Waals surface area (Å²) < 4.78 is 18.0. The SMILES string of the molecule is CCCCCCCCCCOc1ccc(-c2ccc(CCC3OCC(CCCCCCCC)CO3)cn2)cc1. The van der Waals surface area contributed by atoms with Crippen LogP contribution in [0.5, 0.6) is 5.75 Å². The van der Waals surface area contributed by atoms with E-state index in [0.29, 0.717) is 5.92 Å². The molecule has 4 heteroatoms. The predicted octanol–water partition coefficient (Wildman–Crippen LogP) is 9.94. The van der Waals surface area contributed by atoms with Crippen molar-refractivity contribution in [1.82, 2.24) is 4.98 Å². The van der Waals surface area contributed by atoms with Crippen molar-refractivity contribution in [2.45, 2.75) is 129 Å². The van der Waals surface area contributed by atoms with Crippen molar-refractivity contribution in [3.63, 3.8) is 0 Å². The molecule has 1 aromatic carbocycles. The van der Waals surface area contributed by atoms with Crippen molar-refractivity contribution < 1.29 is 14.2 Å². The first-order chi connectivity index (χ1) is 19.3. The highest BCUT2D eigenvalue weighted by molar-refractivity contribution is 5.60. The minimum absolute atomic E-state index is 0.0798. The first kappa shape index (κ1) is 31.6. The van der Waals surface area contributed by atoms with E-state index in [1.807, 2.05) is 6.20 Å². The number of ether oxygens (including phenoxy) is 3. The van der Waals surface area contributed by atoms with E-state index < -0.39 is 0 Å². The Morgan fingerprint density at radius 3 is 1.92 bits per heavy atom. The minimum atomic E-state index is -0.0798. The van der Waals surface area contributed by atoms with Crippen LogP contribution >= 0.6 is 0 Å². The van der Waals surface area contributed by atoms with Gasteiger partial charge in [-0.1, -0.05) is 103 Å². The van der Waals surface area contributed by atoms with Crippen molar-refractivity contribution in [3.8, 4) is 17.0 Å². The van der Waals surface area contributed by atoms with Crippen LogP contribution in [-0.2, 0) is 15.9 Å². The van der Waals surface area contributed by atoms with Gasteiger partial charge in [0, 0.05) is 24.1 Å². The molecular weight excluding hydrogens is 482 g/mol. The van der Waals surface area contributed by atoms with Gasteiger partial charge in [0.25, 0.3) is 0 Å². The molecule has 0 atom stereocenters. The highest BCUT2D eigenvalue weighted by Crippen LogP contribution is 2.23. The molecule has 1 aromatic heterocycles. The van der Waals surface area contributed by atoms with Gasteiger partial charge >= 0.3 is 0 Å². The van der Waals surface area contributed by atoms with Crippen LogP contribution in [0.25, 0.3) is 11.3 Å². The molecule has 0 N–H and O–H groups in total. The Morgan fingerprint density at radius 2 is 1.31 bits per heavy atom. The van der Waals surface area contributed by atoms with E-state index in [9.17, 15) is 0 Å². The maximum absolute atomic E-state index is 6.02. The molecule has 0 spiro atoms. The first-order valence-electron chi connectivity index (χ1n) is 16.2. The lowest BCUT2D eigenvalue weighted by Gasteiger charge is -2.29. The summed E-state index contributed by atoms with van der Waals surface area (Å²) in [6.07, 6.45) is 23.6. The first-order valence-corrected chi connectivity index (χ1v) is 16.2. The monoisotopic (exact) mass is 537 g/mol. The maximum atomic E-state index is 6.02. The highest BCUT2D eigenvalue weighted by Gasteiger charge is 2.21. The molecule has 0 saturated carbocycles. The van der Waals surface area contributed by atoms with Crippen molar-refractivity contribution in [1.29, 1.82) is 0 Å². The number of nitrogens with zero attached hydrogens (tertiary/aromatic N) is 1. The predicted molar refractivity (Wildman–Crippen MR) is 163 cm³/mol. The van der Waals surface area contributed by atoms with Gasteiger partial charge in [0.05, 0.1) is 25.5 Å². The van der Waals surface area contributed by atoms with Crippen LogP contribution in [0.4, 0.5) is 0 Å². The zero-order valence-electron chi connectivity index (χ0n) is 25.0. The van der Waals surface area contributed by atoms with Crippen LogP contribution in [-0.4, -0.2) is 31.1 Å². The van der Waals surface area contributed by atoms with Gasteiger partial charge < -0.3 is 14.2 Å². The van der Waals surface area contributed by atoms with E-state index in [0.717, 1.165) is 56.1 Å². The van der Waals surface area contributed by atoms with Gasteiger partial charge in [-0.2, -0.15) is 0 Å². The third-order valence-corrected chi connectivity index (χ3v) is 7.91. The van der Waals surface area contributed by atoms with Crippen molar-refractivity contribution in [3.05, 3.63) is 48.2 Å². The molecule has 3 rings (SSSR count). The number of pyridine rings is 1. The minimum Gasteiger partial charge on any atom is -0.494 e. The van der Waals surface area contributed by atoms with Crippen LogP contribution in [0.2, 0.25) is 0 Å². The van der Waals surface area contributed by atoms with Crippen molar-refractivity contribution >= 4 is 0 Å². The largest absolute Gasteiger partial charge is 0.494 e.